The Morgan fingerprint density at radius 3 is 2.50 bits per heavy atom. The van der Waals surface area contributed by atoms with Crippen molar-refractivity contribution < 1.29 is 23.4 Å². The van der Waals surface area contributed by atoms with Gasteiger partial charge >= 0.3 is 0 Å². The second-order valence-corrected chi connectivity index (χ2v) is 5.46. The maximum Gasteiger partial charge on any atom is 0.255 e. The highest BCUT2D eigenvalue weighted by atomic mass is 32.2. The van der Waals surface area contributed by atoms with Gasteiger partial charge in [0.25, 0.3) is 5.91 Å². The van der Waals surface area contributed by atoms with Gasteiger partial charge in [-0.25, -0.2) is 13.1 Å². The molecular weight excluding hydrogens is 260 g/mol. The van der Waals surface area contributed by atoms with Gasteiger partial charge in [-0.3, -0.25) is 4.79 Å². The molecule has 100 valence electrons. The normalized spacial score (nSPS) is 11.2. The first-order valence-electron chi connectivity index (χ1n) is 5.04. The Bertz CT molecular complexity index is 541. The first kappa shape index (κ1) is 14.3. The molecule has 0 aliphatic carbocycles. The van der Waals surface area contributed by atoms with E-state index in [4.69, 9.17) is 5.11 Å². The maximum atomic E-state index is 11.6. The molecule has 0 heterocycles. The van der Waals surface area contributed by atoms with Crippen molar-refractivity contribution in [2.45, 2.75) is 0 Å². The fraction of sp³-hybridized carbons (Fsp3) is 0.300. The zero-order valence-electron chi connectivity index (χ0n) is 9.67. The third-order valence-corrected chi connectivity index (χ3v) is 2.73. The van der Waals surface area contributed by atoms with Gasteiger partial charge in [0.15, 0.2) is 0 Å². The first-order valence-corrected chi connectivity index (χ1v) is 6.93. The number of phenols is 2. The van der Waals surface area contributed by atoms with E-state index in [0.717, 1.165) is 12.3 Å². The fourth-order valence-corrected chi connectivity index (χ4v) is 1.69. The molecule has 8 heteroatoms. The van der Waals surface area contributed by atoms with Crippen molar-refractivity contribution in [2.75, 3.05) is 19.3 Å². The van der Waals surface area contributed by atoms with Gasteiger partial charge in [0.05, 0.1) is 11.8 Å². The van der Waals surface area contributed by atoms with Crippen LogP contribution in [0.2, 0.25) is 0 Å². The smallest absolute Gasteiger partial charge is 0.255 e. The number of rotatable bonds is 5. The molecule has 0 bridgehead atoms. The molecule has 4 N–H and O–H groups in total. The lowest BCUT2D eigenvalue weighted by atomic mass is 10.2. The quantitative estimate of drug-likeness (QED) is 0.534. The highest BCUT2D eigenvalue weighted by Crippen LogP contribution is 2.22. The van der Waals surface area contributed by atoms with Crippen LogP contribution in [0, 0.1) is 0 Å². The summed E-state index contributed by atoms with van der Waals surface area (Å²) < 4.78 is 23.7. The second kappa shape index (κ2) is 5.69. The minimum atomic E-state index is -3.28. The standard InChI is InChI=1S/C10H14N2O5S/c1-18(16,17)12-5-4-11-10(15)8-3-2-7(13)6-9(8)14/h2-3,6,12-14H,4-5H2,1H3,(H,11,15). The Labute approximate surface area is 105 Å². The lowest BCUT2D eigenvalue weighted by Crippen LogP contribution is -2.34. The number of hydrogen-bond acceptors (Lipinski definition) is 5. The predicted molar refractivity (Wildman–Crippen MR) is 65.0 cm³/mol. The number of aromatic hydroxyl groups is 2. The number of hydrogen-bond donors (Lipinski definition) is 4. The number of carbonyl (C=O) groups is 1. The molecule has 18 heavy (non-hydrogen) atoms. The van der Waals surface area contributed by atoms with Gasteiger partial charge in [0.2, 0.25) is 10.0 Å². The molecule has 0 spiro atoms. The molecule has 0 unspecified atom stereocenters. The lowest BCUT2D eigenvalue weighted by molar-refractivity contribution is 0.0951. The molecule has 0 radical (unpaired) electrons. The van der Waals surface area contributed by atoms with Crippen LogP contribution >= 0.6 is 0 Å². The zero-order chi connectivity index (χ0) is 13.8. The summed E-state index contributed by atoms with van der Waals surface area (Å²) in [7, 11) is -3.28. The number of benzene rings is 1. The van der Waals surface area contributed by atoms with Crippen LogP contribution < -0.4 is 10.0 Å². The molecule has 1 aromatic carbocycles. The summed E-state index contributed by atoms with van der Waals surface area (Å²) in [6.45, 7) is 0.148. The third kappa shape index (κ3) is 4.60. The van der Waals surface area contributed by atoms with Crippen molar-refractivity contribution in [2.24, 2.45) is 0 Å². The summed E-state index contributed by atoms with van der Waals surface area (Å²) in [6.07, 6.45) is 1.01. The van der Waals surface area contributed by atoms with Crippen LogP contribution in [-0.4, -0.2) is 43.9 Å². The fourth-order valence-electron chi connectivity index (χ4n) is 1.22. The van der Waals surface area contributed by atoms with E-state index < -0.39 is 15.9 Å². The Morgan fingerprint density at radius 1 is 1.28 bits per heavy atom. The van der Waals surface area contributed by atoms with Crippen LogP contribution in [0.3, 0.4) is 0 Å². The summed E-state index contributed by atoms with van der Waals surface area (Å²) in [4.78, 5) is 11.6. The van der Waals surface area contributed by atoms with E-state index in [9.17, 15) is 18.3 Å². The first-order chi connectivity index (χ1) is 8.29. The summed E-state index contributed by atoms with van der Waals surface area (Å²) in [6, 6.07) is 3.58. The second-order valence-electron chi connectivity index (χ2n) is 3.62. The monoisotopic (exact) mass is 274 g/mol. The molecule has 0 atom stereocenters. The minimum absolute atomic E-state index is 0.00663. The average molecular weight is 274 g/mol. The number of sulfonamides is 1. The largest absolute Gasteiger partial charge is 0.508 e. The van der Waals surface area contributed by atoms with Gasteiger partial charge in [-0.2, -0.15) is 0 Å². The molecule has 1 amide bonds. The summed E-state index contributed by atoms with van der Waals surface area (Å²) in [5.74, 6) is -1.05. The summed E-state index contributed by atoms with van der Waals surface area (Å²) in [5.41, 5.74) is 0.00663. The van der Waals surface area contributed by atoms with Crippen molar-refractivity contribution >= 4 is 15.9 Å². The number of phenolic OH excluding ortho intramolecular Hbond substituents is 2. The molecule has 0 saturated heterocycles. The highest BCUT2D eigenvalue weighted by Gasteiger charge is 2.11. The summed E-state index contributed by atoms with van der Waals surface area (Å²) in [5, 5.41) is 20.9. The predicted octanol–water partition coefficient (Wildman–Crippen LogP) is -0.623. The lowest BCUT2D eigenvalue weighted by Gasteiger charge is -2.07. The Balaban J connectivity index is 2.51. The van der Waals surface area contributed by atoms with Crippen molar-refractivity contribution in [3.8, 4) is 11.5 Å². The molecule has 0 aromatic heterocycles. The van der Waals surface area contributed by atoms with Crippen molar-refractivity contribution in [3.63, 3.8) is 0 Å². The van der Waals surface area contributed by atoms with Crippen LogP contribution in [0.25, 0.3) is 0 Å². The van der Waals surface area contributed by atoms with E-state index in [1.54, 1.807) is 0 Å². The number of nitrogens with one attached hydrogen (secondary N) is 2. The maximum absolute atomic E-state index is 11.6. The summed E-state index contributed by atoms with van der Waals surface area (Å²) >= 11 is 0. The van der Waals surface area contributed by atoms with Gasteiger partial charge in [-0.05, 0) is 12.1 Å². The van der Waals surface area contributed by atoms with Crippen molar-refractivity contribution in [1.82, 2.24) is 10.0 Å². The van der Waals surface area contributed by atoms with E-state index in [0.29, 0.717) is 0 Å². The Kier molecular flexibility index (Phi) is 4.51. The highest BCUT2D eigenvalue weighted by molar-refractivity contribution is 7.88. The molecule has 0 aliphatic heterocycles. The molecule has 0 aliphatic rings. The van der Waals surface area contributed by atoms with Gasteiger partial charge in [0.1, 0.15) is 11.5 Å². The van der Waals surface area contributed by atoms with Crippen LogP contribution in [-0.2, 0) is 10.0 Å². The van der Waals surface area contributed by atoms with E-state index in [-0.39, 0.29) is 30.2 Å². The molecular formula is C10H14N2O5S. The van der Waals surface area contributed by atoms with Gasteiger partial charge < -0.3 is 15.5 Å². The van der Waals surface area contributed by atoms with Gasteiger partial charge in [-0.15, -0.1) is 0 Å². The van der Waals surface area contributed by atoms with Crippen molar-refractivity contribution in [1.29, 1.82) is 0 Å². The van der Waals surface area contributed by atoms with E-state index >= 15 is 0 Å². The van der Waals surface area contributed by atoms with Crippen LogP contribution in [0.1, 0.15) is 10.4 Å². The average Bonchev–Trinajstić information content (AvgIpc) is 2.22. The van der Waals surface area contributed by atoms with Gasteiger partial charge in [-0.1, -0.05) is 0 Å². The molecule has 7 nitrogen and oxygen atoms in total. The van der Waals surface area contributed by atoms with E-state index in [2.05, 4.69) is 10.0 Å². The topological polar surface area (TPSA) is 116 Å². The Morgan fingerprint density at radius 2 is 1.94 bits per heavy atom. The Hall–Kier alpha value is -1.80. The minimum Gasteiger partial charge on any atom is -0.508 e. The molecule has 0 saturated carbocycles. The number of carbonyl (C=O) groups excluding carboxylic acids is 1. The van der Waals surface area contributed by atoms with Crippen molar-refractivity contribution in [3.05, 3.63) is 23.8 Å². The van der Waals surface area contributed by atoms with Crippen LogP contribution in [0.4, 0.5) is 0 Å². The zero-order valence-corrected chi connectivity index (χ0v) is 10.5. The van der Waals surface area contributed by atoms with Crippen LogP contribution in [0.5, 0.6) is 11.5 Å². The van der Waals surface area contributed by atoms with E-state index in [1.165, 1.54) is 12.1 Å². The van der Waals surface area contributed by atoms with Gasteiger partial charge in [0, 0.05) is 19.2 Å². The molecule has 1 aromatic rings. The van der Waals surface area contributed by atoms with E-state index in [1.807, 2.05) is 0 Å². The molecule has 0 fully saturated rings. The SMILES string of the molecule is CS(=O)(=O)NCCNC(=O)c1ccc(O)cc1O. The van der Waals surface area contributed by atoms with Crippen LogP contribution in [0.15, 0.2) is 18.2 Å². The number of amides is 1. The third-order valence-electron chi connectivity index (χ3n) is 2.00. The molecule has 1 rings (SSSR count).